The third-order valence-electron chi connectivity index (χ3n) is 3.51. The summed E-state index contributed by atoms with van der Waals surface area (Å²) in [6.45, 7) is 2.03. The van der Waals surface area contributed by atoms with Crippen LogP contribution in [0, 0.1) is 0 Å². The second kappa shape index (κ2) is 9.34. The van der Waals surface area contributed by atoms with Gasteiger partial charge in [-0.05, 0) is 30.7 Å². The first-order valence-corrected chi connectivity index (χ1v) is 10.2. The van der Waals surface area contributed by atoms with E-state index in [9.17, 15) is 9.59 Å². The smallest absolute Gasteiger partial charge is 0.350 e. The van der Waals surface area contributed by atoms with E-state index in [1.807, 2.05) is 54.6 Å². The molecule has 1 N–H and O–H groups in total. The second-order valence-electron chi connectivity index (χ2n) is 5.44. The third kappa shape index (κ3) is 5.18. The van der Waals surface area contributed by atoms with Crippen LogP contribution in [-0.2, 0) is 9.53 Å². The molecule has 0 saturated heterocycles. The lowest BCUT2D eigenvalue weighted by Gasteiger charge is -2.06. The van der Waals surface area contributed by atoms with Gasteiger partial charge in [0.05, 0.1) is 23.1 Å². The largest absolute Gasteiger partial charge is 0.462 e. The number of thiophene rings is 1. The van der Waals surface area contributed by atoms with Crippen molar-refractivity contribution in [3.05, 3.63) is 65.7 Å². The van der Waals surface area contributed by atoms with Crippen LogP contribution in [-0.4, -0.2) is 29.2 Å². The molecule has 0 atom stereocenters. The lowest BCUT2D eigenvalue weighted by atomic mass is 10.2. The van der Waals surface area contributed by atoms with Gasteiger partial charge < -0.3 is 10.1 Å². The summed E-state index contributed by atoms with van der Waals surface area (Å²) in [5, 5.41) is 3.60. The highest BCUT2D eigenvalue weighted by molar-refractivity contribution is 7.99. The number of pyridine rings is 1. The highest BCUT2D eigenvalue weighted by Crippen LogP contribution is 2.35. The van der Waals surface area contributed by atoms with Crippen LogP contribution in [0.3, 0.4) is 0 Å². The number of nitrogens with one attached hydrogen (secondary N) is 1. The minimum absolute atomic E-state index is 0.200. The second-order valence-corrected chi connectivity index (χ2v) is 7.49. The zero-order valence-electron chi connectivity index (χ0n) is 14.7. The van der Waals surface area contributed by atoms with Crippen molar-refractivity contribution < 1.29 is 14.3 Å². The van der Waals surface area contributed by atoms with Crippen LogP contribution in [0.2, 0.25) is 0 Å². The van der Waals surface area contributed by atoms with Gasteiger partial charge in [-0.1, -0.05) is 48.2 Å². The first-order chi connectivity index (χ1) is 13.2. The molecule has 138 valence electrons. The Labute approximate surface area is 165 Å². The van der Waals surface area contributed by atoms with E-state index in [1.54, 1.807) is 13.1 Å². The Bertz CT molecular complexity index is 911. The number of hydrogen-bond donors (Lipinski definition) is 1. The molecule has 0 aliphatic heterocycles. The van der Waals surface area contributed by atoms with Crippen LogP contribution in [0.1, 0.15) is 16.6 Å². The predicted octanol–water partition coefficient (Wildman–Crippen LogP) is 4.72. The summed E-state index contributed by atoms with van der Waals surface area (Å²) < 4.78 is 5.13. The third-order valence-corrected chi connectivity index (χ3v) is 5.62. The minimum Gasteiger partial charge on any atom is -0.462 e. The zero-order valence-corrected chi connectivity index (χ0v) is 16.3. The molecule has 2 aromatic heterocycles. The summed E-state index contributed by atoms with van der Waals surface area (Å²) in [7, 11) is 0. The highest BCUT2D eigenvalue weighted by atomic mass is 32.2. The molecule has 3 rings (SSSR count). The van der Waals surface area contributed by atoms with Crippen LogP contribution in [0.25, 0.3) is 10.4 Å². The molecule has 1 amide bonds. The molecule has 5 nitrogen and oxygen atoms in total. The van der Waals surface area contributed by atoms with Crippen LogP contribution in [0.5, 0.6) is 0 Å². The Balaban J connectivity index is 1.77. The van der Waals surface area contributed by atoms with Crippen LogP contribution in [0.15, 0.2) is 65.8 Å². The molecule has 7 heteroatoms. The van der Waals surface area contributed by atoms with Gasteiger partial charge in [0.25, 0.3) is 0 Å². The van der Waals surface area contributed by atoms with Crippen molar-refractivity contribution in [1.82, 2.24) is 4.98 Å². The zero-order chi connectivity index (χ0) is 19.1. The van der Waals surface area contributed by atoms with Gasteiger partial charge in [-0.15, -0.1) is 11.3 Å². The summed E-state index contributed by atoms with van der Waals surface area (Å²) >= 11 is 2.65. The topological polar surface area (TPSA) is 68.3 Å². The number of carbonyl (C=O) groups is 2. The molecule has 0 unspecified atom stereocenters. The molecule has 2 heterocycles. The van der Waals surface area contributed by atoms with E-state index in [-0.39, 0.29) is 18.3 Å². The Hall–Kier alpha value is -2.64. The Kier molecular flexibility index (Phi) is 6.62. The SMILES string of the molecule is CCOC(=O)c1sc(-c2ccccc2)cc1NC(=O)CSc1ccccn1. The fraction of sp³-hybridized carbons (Fsp3) is 0.150. The highest BCUT2D eigenvalue weighted by Gasteiger charge is 2.20. The average molecular weight is 399 g/mol. The molecule has 1 aromatic carbocycles. The maximum atomic E-state index is 12.4. The van der Waals surface area contributed by atoms with Crippen molar-refractivity contribution in [3.63, 3.8) is 0 Å². The molecule has 27 heavy (non-hydrogen) atoms. The normalized spacial score (nSPS) is 10.4. The predicted molar refractivity (Wildman–Crippen MR) is 109 cm³/mol. The van der Waals surface area contributed by atoms with Crippen molar-refractivity contribution >= 4 is 40.7 Å². The van der Waals surface area contributed by atoms with E-state index < -0.39 is 5.97 Å². The molecule has 3 aromatic rings. The standard InChI is InChI=1S/C20H18N2O3S2/c1-2-25-20(24)19-15(12-16(27-19)14-8-4-3-5-9-14)22-17(23)13-26-18-10-6-7-11-21-18/h3-12H,2,13H2,1H3,(H,22,23). The number of rotatable bonds is 7. The van der Waals surface area contributed by atoms with Gasteiger partial charge in [0.1, 0.15) is 4.88 Å². The Morgan fingerprint density at radius 1 is 1.15 bits per heavy atom. The summed E-state index contributed by atoms with van der Waals surface area (Å²) in [6, 6.07) is 17.1. The summed E-state index contributed by atoms with van der Waals surface area (Å²) in [5.41, 5.74) is 1.46. The van der Waals surface area contributed by atoms with Gasteiger partial charge in [-0.3, -0.25) is 4.79 Å². The molecule has 0 radical (unpaired) electrons. The summed E-state index contributed by atoms with van der Waals surface area (Å²) in [4.78, 5) is 30.1. The fourth-order valence-electron chi connectivity index (χ4n) is 2.34. The van der Waals surface area contributed by atoms with Crippen molar-refractivity contribution in [1.29, 1.82) is 0 Å². The number of benzene rings is 1. The van der Waals surface area contributed by atoms with Crippen LogP contribution >= 0.6 is 23.1 Å². The quantitative estimate of drug-likeness (QED) is 0.461. The van der Waals surface area contributed by atoms with Gasteiger partial charge in [-0.2, -0.15) is 0 Å². The number of anilines is 1. The lowest BCUT2D eigenvalue weighted by Crippen LogP contribution is -2.16. The molecule has 0 saturated carbocycles. The van der Waals surface area contributed by atoms with E-state index in [0.717, 1.165) is 15.5 Å². The van der Waals surface area contributed by atoms with Crippen molar-refractivity contribution in [2.75, 3.05) is 17.7 Å². The van der Waals surface area contributed by atoms with Crippen molar-refractivity contribution in [2.45, 2.75) is 11.9 Å². The molecular weight excluding hydrogens is 380 g/mol. The molecule has 0 aliphatic carbocycles. The fourth-order valence-corrected chi connectivity index (χ4v) is 4.01. The first kappa shape index (κ1) is 19.1. The van der Waals surface area contributed by atoms with Gasteiger partial charge in [0.2, 0.25) is 5.91 Å². The molecule has 0 bridgehead atoms. The number of thioether (sulfide) groups is 1. The molecular formula is C20H18N2O3S2. The van der Waals surface area contributed by atoms with Gasteiger partial charge >= 0.3 is 5.97 Å². The van der Waals surface area contributed by atoms with Crippen LogP contribution < -0.4 is 5.32 Å². The first-order valence-electron chi connectivity index (χ1n) is 8.37. The number of hydrogen-bond acceptors (Lipinski definition) is 6. The maximum absolute atomic E-state index is 12.4. The number of esters is 1. The number of nitrogens with zero attached hydrogens (tertiary/aromatic N) is 1. The summed E-state index contributed by atoms with van der Waals surface area (Å²) in [5.74, 6) is -0.429. The average Bonchev–Trinajstić information content (AvgIpc) is 3.12. The number of carbonyl (C=O) groups excluding carboxylic acids is 2. The molecule has 0 aliphatic rings. The van der Waals surface area contributed by atoms with E-state index in [0.29, 0.717) is 10.6 Å². The van der Waals surface area contributed by atoms with E-state index in [1.165, 1.54) is 23.1 Å². The monoisotopic (exact) mass is 398 g/mol. The summed E-state index contributed by atoms with van der Waals surface area (Å²) in [6.07, 6.45) is 1.68. The Morgan fingerprint density at radius 3 is 2.63 bits per heavy atom. The van der Waals surface area contributed by atoms with Gasteiger partial charge in [-0.25, -0.2) is 9.78 Å². The van der Waals surface area contributed by atoms with Crippen molar-refractivity contribution in [3.8, 4) is 10.4 Å². The molecule has 0 spiro atoms. The number of amides is 1. The van der Waals surface area contributed by atoms with Gasteiger partial charge in [0.15, 0.2) is 0 Å². The van der Waals surface area contributed by atoms with Crippen LogP contribution in [0.4, 0.5) is 5.69 Å². The number of ether oxygens (including phenoxy) is 1. The maximum Gasteiger partial charge on any atom is 0.350 e. The van der Waals surface area contributed by atoms with E-state index in [4.69, 9.17) is 4.74 Å². The lowest BCUT2D eigenvalue weighted by molar-refractivity contribution is -0.113. The van der Waals surface area contributed by atoms with Crippen molar-refractivity contribution in [2.24, 2.45) is 0 Å². The van der Waals surface area contributed by atoms with E-state index in [2.05, 4.69) is 10.3 Å². The van der Waals surface area contributed by atoms with E-state index >= 15 is 0 Å². The Morgan fingerprint density at radius 2 is 1.93 bits per heavy atom. The molecule has 0 fully saturated rings. The number of aromatic nitrogens is 1. The minimum atomic E-state index is -0.433. The van der Waals surface area contributed by atoms with Gasteiger partial charge in [0, 0.05) is 11.1 Å².